The molecule has 0 radical (unpaired) electrons. The number of hydrogen-bond donors (Lipinski definition) is 1. The third-order valence-electron chi connectivity index (χ3n) is 2.82. The lowest BCUT2D eigenvalue weighted by Gasteiger charge is -2.33. The standard InChI is InChI=1S/C9H18IN/c1-7(2)8-5-3-4-6-9(8)11-10/h7-9,11H,3-6H2,1-2H3/t8-,9+/m0/s1. The van der Waals surface area contributed by atoms with Crippen LogP contribution < -0.4 is 3.53 Å². The molecule has 1 N–H and O–H groups in total. The van der Waals surface area contributed by atoms with Gasteiger partial charge in [-0.05, 0) is 24.7 Å². The van der Waals surface area contributed by atoms with E-state index in [1.165, 1.54) is 25.7 Å². The van der Waals surface area contributed by atoms with Gasteiger partial charge in [0, 0.05) is 28.9 Å². The second-order valence-corrected chi connectivity index (χ2v) is 4.53. The molecule has 1 nitrogen and oxygen atoms in total. The molecule has 0 unspecified atom stereocenters. The van der Waals surface area contributed by atoms with E-state index >= 15 is 0 Å². The van der Waals surface area contributed by atoms with Gasteiger partial charge in [0.1, 0.15) is 0 Å². The van der Waals surface area contributed by atoms with E-state index in [1.54, 1.807) is 0 Å². The van der Waals surface area contributed by atoms with Crippen LogP contribution in [-0.4, -0.2) is 6.04 Å². The lowest BCUT2D eigenvalue weighted by molar-refractivity contribution is 0.233. The summed E-state index contributed by atoms with van der Waals surface area (Å²) in [6, 6.07) is 0.782. The molecule has 0 aromatic heterocycles. The molecule has 0 aromatic rings. The molecule has 2 heteroatoms. The molecule has 2 atom stereocenters. The number of nitrogens with one attached hydrogen (secondary N) is 1. The monoisotopic (exact) mass is 267 g/mol. The van der Waals surface area contributed by atoms with Crippen LogP contribution in [0.25, 0.3) is 0 Å². The van der Waals surface area contributed by atoms with E-state index < -0.39 is 0 Å². The molecular formula is C9H18IN. The Bertz CT molecular complexity index is 114. The zero-order valence-corrected chi connectivity index (χ0v) is 9.60. The molecule has 1 aliphatic rings. The van der Waals surface area contributed by atoms with Gasteiger partial charge in [-0.25, -0.2) is 0 Å². The molecule has 1 rings (SSSR count). The maximum Gasteiger partial charge on any atom is 0.0194 e. The average Bonchev–Trinajstić information content (AvgIpc) is 2.04. The van der Waals surface area contributed by atoms with Gasteiger partial charge < -0.3 is 0 Å². The first-order valence-electron chi connectivity index (χ1n) is 4.62. The highest BCUT2D eigenvalue weighted by Crippen LogP contribution is 2.30. The summed E-state index contributed by atoms with van der Waals surface area (Å²) in [5, 5.41) is 0. The Morgan fingerprint density at radius 2 is 1.91 bits per heavy atom. The Morgan fingerprint density at radius 3 is 2.36 bits per heavy atom. The van der Waals surface area contributed by atoms with Crippen molar-refractivity contribution in [1.82, 2.24) is 3.53 Å². The van der Waals surface area contributed by atoms with E-state index in [1.807, 2.05) is 0 Å². The lowest BCUT2D eigenvalue weighted by Crippen LogP contribution is -2.35. The van der Waals surface area contributed by atoms with E-state index in [9.17, 15) is 0 Å². The summed E-state index contributed by atoms with van der Waals surface area (Å²) in [6.45, 7) is 4.69. The van der Waals surface area contributed by atoms with Crippen LogP contribution in [0.2, 0.25) is 0 Å². The molecule has 0 aliphatic heterocycles. The van der Waals surface area contributed by atoms with Crippen LogP contribution in [0, 0.1) is 11.8 Å². The van der Waals surface area contributed by atoms with Gasteiger partial charge in [-0.15, -0.1) is 0 Å². The molecule has 66 valence electrons. The van der Waals surface area contributed by atoms with Crippen molar-refractivity contribution < 1.29 is 0 Å². The molecule has 11 heavy (non-hydrogen) atoms. The van der Waals surface area contributed by atoms with Gasteiger partial charge in [-0.1, -0.05) is 26.7 Å². The van der Waals surface area contributed by atoms with Crippen LogP contribution in [0.5, 0.6) is 0 Å². The van der Waals surface area contributed by atoms with Crippen LogP contribution >= 0.6 is 22.9 Å². The molecule has 0 spiro atoms. The van der Waals surface area contributed by atoms with Crippen LogP contribution in [0.3, 0.4) is 0 Å². The van der Waals surface area contributed by atoms with Crippen LogP contribution in [-0.2, 0) is 0 Å². The first-order chi connectivity index (χ1) is 5.25. The Hall–Kier alpha value is 0.690. The highest BCUT2D eigenvalue weighted by atomic mass is 127. The van der Waals surface area contributed by atoms with Gasteiger partial charge in [-0.2, -0.15) is 0 Å². The summed E-state index contributed by atoms with van der Waals surface area (Å²) < 4.78 is 3.41. The molecule has 0 saturated heterocycles. The highest BCUT2D eigenvalue weighted by molar-refractivity contribution is 14.1. The molecule has 0 bridgehead atoms. The van der Waals surface area contributed by atoms with E-state index in [0.717, 1.165) is 17.9 Å². The fourth-order valence-corrected chi connectivity index (χ4v) is 2.87. The maximum atomic E-state index is 3.41. The van der Waals surface area contributed by atoms with Crippen molar-refractivity contribution in [3.8, 4) is 0 Å². The van der Waals surface area contributed by atoms with Crippen molar-refractivity contribution in [2.75, 3.05) is 0 Å². The van der Waals surface area contributed by atoms with Gasteiger partial charge in [0.05, 0.1) is 0 Å². The van der Waals surface area contributed by atoms with Crippen LogP contribution in [0.4, 0.5) is 0 Å². The first-order valence-corrected chi connectivity index (χ1v) is 5.69. The molecule has 0 heterocycles. The summed E-state index contributed by atoms with van der Waals surface area (Å²) in [7, 11) is 0. The minimum Gasteiger partial charge on any atom is -0.258 e. The minimum absolute atomic E-state index is 0.782. The minimum atomic E-state index is 0.782. The fraction of sp³-hybridized carbons (Fsp3) is 1.00. The van der Waals surface area contributed by atoms with Gasteiger partial charge in [-0.3, -0.25) is 3.53 Å². The van der Waals surface area contributed by atoms with Gasteiger partial charge in [0.15, 0.2) is 0 Å². The number of rotatable bonds is 2. The Morgan fingerprint density at radius 1 is 1.27 bits per heavy atom. The highest BCUT2D eigenvalue weighted by Gasteiger charge is 2.26. The summed E-state index contributed by atoms with van der Waals surface area (Å²) in [6.07, 6.45) is 5.67. The number of halogens is 1. The maximum absolute atomic E-state index is 3.41. The summed E-state index contributed by atoms with van der Waals surface area (Å²) >= 11 is 2.31. The molecule has 1 fully saturated rings. The normalized spacial score (nSPS) is 32.7. The smallest absolute Gasteiger partial charge is 0.0194 e. The Labute approximate surface area is 83.8 Å². The van der Waals surface area contributed by atoms with Crippen molar-refractivity contribution in [2.45, 2.75) is 45.6 Å². The topological polar surface area (TPSA) is 12.0 Å². The predicted octanol–water partition coefficient (Wildman–Crippen LogP) is 3.14. The SMILES string of the molecule is CC(C)[C@@H]1CCCC[C@H]1NI. The predicted molar refractivity (Wildman–Crippen MR) is 57.7 cm³/mol. The summed E-state index contributed by atoms with van der Waals surface area (Å²) in [5.41, 5.74) is 0. The summed E-state index contributed by atoms with van der Waals surface area (Å²) in [5.74, 6) is 1.77. The van der Waals surface area contributed by atoms with Crippen molar-refractivity contribution in [3.05, 3.63) is 0 Å². The van der Waals surface area contributed by atoms with E-state index in [-0.39, 0.29) is 0 Å². The number of hydrogen-bond acceptors (Lipinski definition) is 1. The van der Waals surface area contributed by atoms with Crippen molar-refractivity contribution >= 4 is 22.9 Å². The third-order valence-corrected chi connectivity index (χ3v) is 3.62. The molecule has 0 aromatic carbocycles. The molecule has 1 aliphatic carbocycles. The Balaban J connectivity index is 2.44. The fourth-order valence-electron chi connectivity index (χ4n) is 2.09. The molecular weight excluding hydrogens is 249 g/mol. The van der Waals surface area contributed by atoms with Crippen LogP contribution in [0.1, 0.15) is 39.5 Å². The molecule has 1 saturated carbocycles. The Kier molecular flexibility index (Phi) is 4.13. The zero-order valence-electron chi connectivity index (χ0n) is 7.44. The second-order valence-electron chi connectivity index (χ2n) is 3.91. The van der Waals surface area contributed by atoms with E-state index in [0.29, 0.717) is 0 Å². The van der Waals surface area contributed by atoms with Crippen LogP contribution in [0.15, 0.2) is 0 Å². The quantitative estimate of drug-likeness (QED) is 0.598. The summed E-state index contributed by atoms with van der Waals surface area (Å²) in [4.78, 5) is 0. The van der Waals surface area contributed by atoms with Crippen molar-refractivity contribution in [2.24, 2.45) is 11.8 Å². The van der Waals surface area contributed by atoms with Gasteiger partial charge in [0.2, 0.25) is 0 Å². The second kappa shape index (κ2) is 4.65. The largest absolute Gasteiger partial charge is 0.258 e. The lowest BCUT2D eigenvalue weighted by atomic mass is 9.78. The third kappa shape index (κ3) is 2.58. The first kappa shape index (κ1) is 9.78. The van der Waals surface area contributed by atoms with Gasteiger partial charge >= 0.3 is 0 Å². The zero-order chi connectivity index (χ0) is 8.27. The van der Waals surface area contributed by atoms with Gasteiger partial charge in [0.25, 0.3) is 0 Å². The molecule has 0 amide bonds. The van der Waals surface area contributed by atoms with Crippen molar-refractivity contribution in [3.63, 3.8) is 0 Å². The van der Waals surface area contributed by atoms with E-state index in [2.05, 4.69) is 40.2 Å². The average molecular weight is 267 g/mol. The van der Waals surface area contributed by atoms with Crippen molar-refractivity contribution in [1.29, 1.82) is 0 Å². The van der Waals surface area contributed by atoms with E-state index in [4.69, 9.17) is 0 Å².